The van der Waals surface area contributed by atoms with Crippen molar-refractivity contribution >= 4 is 0 Å². The summed E-state index contributed by atoms with van der Waals surface area (Å²) in [5.74, 6) is 10.4. The minimum Gasteiger partial charge on any atom is -0.0465 e. The zero-order valence-corrected chi connectivity index (χ0v) is 6.03. The Bertz CT molecular complexity index is 186. The molecule has 8 atom stereocenters. The highest BCUT2D eigenvalue weighted by Gasteiger charge is 2.83. The number of fused-ring (bicyclic) bond motifs is 10. The number of rotatable bonds is 0. The van der Waals surface area contributed by atoms with Crippen LogP contribution in [0.15, 0.2) is 0 Å². The third-order valence-electron chi connectivity index (χ3n) is 5.54. The van der Waals surface area contributed by atoms with Gasteiger partial charge in [-0.15, -0.1) is 0 Å². The third-order valence-corrected chi connectivity index (χ3v) is 5.54. The van der Waals surface area contributed by atoms with Crippen LogP contribution in [0.2, 0.25) is 0 Å². The van der Waals surface area contributed by atoms with Gasteiger partial charge in [0.2, 0.25) is 0 Å². The van der Waals surface area contributed by atoms with Crippen LogP contribution in [-0.4, -0.2) is 0 Å². The molecule has 0 spiro atoms. The van der Waals surface area contributed by atoms with E-state index in [9.17, 15) is 0 Å². The summed E-state index contributed by atoms with van der Waals surface area (Å²) in [5, 5.41) is 0. The van der Waals surface area contributed by atoms with Gasteiger partial charge in [-0.1, -0.05) is 0 Å². The Hall–Kier alpha value is 0. The minimum absolute atomic E-state index is 1.28. The third kappa shape index (κ3) is 0.202. The first kappa shape index (κ1) is 4.13. The molecule has 5 rings (SSSR count). The quantitative estimate of drug-likeness (QED) is 0.441. The van der Waals surface area contributed by atoms with E-state index in [1.165, 1.54) is 47.3 Å². The molecule has 0 aromatic rings. The molecule has 10 heavy (non-hydrogen) atoms. The second-order valence-corrected chi connectivity index (χ2v) is 5.44. The molecule has 0 bridgehead atoms. The van der Waals surface area contributed by atoms with Crippen LogP contribution in [0.25, 0.3) is 0 Å². The summed E-state index contributed by atoms with van der Waals surface area (Å²) >= 11 is 0. The summed E-state index contributed by atoms with van der Waals surface area (Å²) in [6.07, 6.45) is 3.31. The molecule has 5 fully saturated rings. The summed E-state index contributed by atoms with van der Waals surface area (Å²) in [5.41, 5.74) is 0. The molecule has 4 unspecified atom stereocenters. The first-order chi connectivity index (χ1) is 4.97. The van der Waals surface area contributed by atoms with E-state index in [4.69, 9.17) is 0 Å². The molecule has 0 heterocycles. The fraction of sp³-hybridized carbons (Fsp3) is 1.00. The van der Waals surface area contributed by atoms with Crippen LogP contribution in [0.3, 0.4) is 0 Å². The van der Waals surface area contributed by atoms with Crippen LogP contribution in [0.4, 0.5) is 0 Å². The Labute approximate surface area is 61.0 Å². The smallest absolute Gasteiger partial charge is 0.0315 e. The van der Waals surface area contributed by atoms with Crippen LogP contribution in [-0.2, 0) is 0 Å². The van der Waals surface area contributed by atoms with Crippen molar-refractivity contribution in [1.29, 1.82) is 0 Å². The first-order valence-electron chi connectivity index (χ1n) is 4.97. The van der Waals surface area contributed by atoms with Crippen molar-refractivity contribution in [1.82, 2.24) is 0 Å². The summed E-state index contributed by atoms with van der Waals surface area (Å²) < 4.78 is 0. The highest BCUT2D eigenvalue weighted by atomic mass is 14.9. The zero-order chi connectivity index (χ0) is 6.03. The molecule has 5 saturated carbocycles. The lowest BCUT2D eigenvalue weighted by atomic mass is 9.39. The van der Waals surface area contributed by atoms with E-state index in [-0.39, 0.29) is 0 Å². The molecule has 0 heteroatoms. The van der Waals surface area contributed by atoms with Gasteiger partial charge >= 0.3 is 0 Å². The Morgan fingerprint density at radius 1 is 0.500 bits per heavy atom. The lowest BCUT2D eigenvalue weighted by Gasteiger charge is -2.65. The monoisotopic (exact) mass is 132 g/mol. The maximum atomic E-state index is 1.65. The van der Waals surface area contributed by atoms with E-state index < -0.39 is 0 Å². The first-order valence-corrected chi connectivity index (χ1v) is 4.97. The Morgan fingerprint density at radius 2 is 0.800 bits per heavy atom. The van der Waals surface area contributed by atoms with Crippen LogP contribution < -0.4 is 0 Å². The molecule has 52 valence electrons. The summed E-state index contributed by atoms with van der Waals surface area (Å²) in [6.45, 7) is 0. The maximum absolute atomic E-state index is 1.65. The van der Waals surface area contributed by atoms with Crippen LogP contribution >= 0.6 is 0 Å². The van der Waals surface area contributed by atoms with E-state index in [0.717, 1.165) is 0 Å². The highest BCUT2D eigenvalue weighted by molar-refractivity contribution is 5.31. The topological polar surface area (TPSA) is 0 Å². The SMILES string of the molecule is C1[C@@H]2C3C(C4C3[C@@H]3C[C@@H]43)[C@@H]12. The number of hydrogen-bond acceptors (Lipinski definition) is 0. The van der Waals surface area contributed by atoms with E-state index in [2.05, 4.69) is 0 Å². The minimum atomic E-state index is 1.28. The second kappa shape index (κ2) is 0.852. The highest BCUT2D eigenvalue weighted by Crippen LogP contribution is 2.88. The summed E-state index contributed by atoms with van der Waals surface area (Å²) in [4.78, 5) is 0. The predicted octanol–water partition coefficient (Wildman–Crippen LogP) is 1.76. The van der Waals surface area contributed by atoms with E-state index in [1.54, 1.807) is 12.8 Å². The van der Waals surface area contributed by atoms with Gasteiger partial charge in [0.05, 0.1) is 0 Å². The van der Waals surface area contributed by atoms with Gasteiger partial charge < -0.3 is 0 Å². The van der Waals surface area contributed by atoms with E-state index in [1.807, 2.05) is 0 Å². The van der Waals surface area contributed by atoms with Gasteiger partial charge in [-0.25, -0.2) is 0 Å². The molecule has 0 aromatic heterocycles. The fourth-order valence-electron chi connectivity index (χ4n) is 5.12. The van der Waals surface area contributed by atoms with Crippen molar-refractivity contribution in [2.45, 2.75) is 12.8 Å². The lowest BCUT2D eigenvalue weighted by Crippen LogP contribution is -2.62. The Morgan fingerprint density at radius 3 is 1.10 bits per heavy atom. The van der Waals surface area contributed by atoms with Crippen molar-refractivity contribution in [2.24, 2.45) is 47.3 Å². The Balaban J connectivity index is 1.67. The van der Waals surface area contributed by atoms with Gasteiger partial charge in [0.15, 0.2) is 0 Å². The maximum Gasteiger partial charge on any atom is -0.0315 e. The standard InChI is InChI=1S/C10H12/c1-3-4(1)8-7(3)9-5-2-6(5)10(8)9/h3-10H,1-2H2/t3-,4-,5+,6+,7?,8?,9?,10?. The lowest BCUT2D eigenvalue weighted by molar-refractivity contribution is -0.183. The van der Waals surface area contributed by atoms with Crippen molar-refractivity contribution in [3.8, 4) is 0 Å². The largest absolute Gasteiger partial charge is 0.0465 e. The fourth-order valence-corrected chi connectivity index (χ4v) is 5.12. The Kier molecular flexibility index (Phi) is 0.352. The van der Waals surface area contributed by atoms with Crippen molar-refractivity contribution in [2.75, 3.05) is 0 Å². The molecular formula is C10H12. The average Bonchev–Trinajstić information content (AvgIpc) is 2.65. The van der Waals surface area contributed by atoms with Crippen LogP contribution in [0.1, 0.15) is 12.8 Å². The molecule has 0 amide bonds. The van der Waals surface area contributed by atoms with Gasteiger partial charge in [0, 0.05) is 0 Å². The molecule has 0 aliphatic heterocycles. The second-order valence-electron chi connectivity index (χ2n) is 5.44. The molecule has 0 N–H and O–H groups in total. The molecule has 5 aliphatic rings. The molecule has 0 aromatic carbocycles. The zero-order valence-electron chi connectivity index (χ0n) is 6.03. The van der Waals surface area contributed by atoms with Gasteiger partial charge in [0.25, 0.3) is 0 Å². The summed E-state index contributed by atoms with van der Waals surface area (Å²) in [7, 11) is 0. The van der Waals surface area contributed by atoms with Crippen LogP contribution in [0.5, 0.6) is 0 Å². The van der Waals surface area contributed by atoms with E-state index >= 15 is 0 Å². The molecule has 5 aliphatic carbocycles. The van der Waals surface area contributed by atoms with Crippen molar-refractivity contribution in [3.63, 3.8) is 0 Å². The summed E-state index contributed by atoms with van der Waals surface area (Å²) in [6, 6.07) is 0. The van der Waals surface area contributed by atoms with Gasteiger partial charge in [-0.2, -0.15) is 0 Å². The van der Waals surface area contributed by atoms with Gasteiger partial charge in [-0.05, 0) is 60.2 Å². The molecule has 0 radical (unpaired) electrons. The van der Waals surface area contributed by atoms with Crippen molar-refractivity contribution in [3.05, 3.63) is 0 Å². The van der Waals surface area contributed by atoms with Crippen LogP contribution in [0, 0.1) is 47.3 Å². The normalized spacial score (nSPS) is 91.2. The van der Waals surface area contributed by atoms with Gasteiger partial charge in [-0.3, -0.25) is 0 Å². The van der Waals surface area contributed by atoms with Gasteiger partial charge in [0.1, 0.15) is 0 Å². The molecule has 0 saturated heterocycles. The van der Waals surface area contributed by atoms with Crippen molar-refractivity contribution < 1.29 is 0 Å². The predicted molar refractivity (Wildman–Crippen MR) is 37.2 cm³/mol. The average molecular weight is 132 g/mol. The molecule has 0 nitrogen and oxygen atoms in total. The van der Waals surface area contributed by atoms with E-state index in [0.29, 0.717) is 0 Å². The number of hydrogen-bond donors (Lipinski definition) is 0. The molecular weight excluding hydrogens is 120 g/mol.